The molecule has 0 aliphatic heterocycles. The molecule has 4 nitrogen and oxygen atoms in total. The van der Waals surface area contributed by atoms with E-state index in [9.17, 15) is 9.59 Å². The molecule has 0 amide bonds. The van der Waals surface area contributed by atoms with Gasteiger partial charge in [-0.25, -0.2) is 0 Å². The highest BCUT2D eigenvalue weighted by Gasteiger charge is 2.32. The summed E-state index contributed by atoms with van der Waals surface area (Å²) < 4.78 is 5.31. The second kappa shape index (κ2) is 8.85. The first-order valence-corrected chi connectivity index (χ1v) is 9.68. The lowest BCUT2D eigenvalue weighted by Crippen LogP contribution is -2.10. The van der Waals surface area contributed by atoms with Crippen LogP contribution < -0.4 is 5.73 Å². The van der Waals surface area contributed by atoms with Crippen LogP contribution in [0.5, 0.6) is 0 Å². The molecule has 0 saturated heterocycles. The average molecular weight is 365 g/mol. The van der Waals surface area contributed by atoms with Crippen LogP contribution in [0.4, 0.5) is 5.69 Å². The van der Waals surface area contributed by atoms with Crippen LogP contribution in [-0.4, -0.2) is 11.8 Å². The number of hydrogen-bond acceptors (Lipinski definition) is 4. The molecular formula is C23H27NO3. The number of benzene rings is 2. The summed E-state index contributed by atoms with van der Waals surface area (Å²) in [6.07, 6.45) is 3.89. The van der Waals surface area contributed by atoms with E-state index in [0.717, 1.165) is 36.8 Å². The van der Waals surface area contributed by atoms with Crippen molar-refractivity contribution in [3.8, 4) is 0 Å². The van der Waals surface area contributed by atoms with Crippen molar-refractivity contribution in [2.24, 2.45) is 5.92 Å². The predicted octanol–water partition coefficient (Wildman–Crippen LogP) is 4.88. The van der Waals surface area contributed by atoms with Crippen LogP contribution >= 0.6 is 0 Å². The molecule has 4 heteroatoms. The van der Waals surface area contributed by atoms with Gasteiger partial charge in [-0.1, -0.05) is 49.4 Å². The molecule has 0 spiro atoms. The van der Waals surface area contributed by atoms with E-state index in [1.165, 1.54) is 0 Å². The minimum Gasteiger partial charge on any atom is -0.461 e. The Bertz CT molecular complexity index is 797. The Morgan fingerprint density at radius 3 is 2.56 bits per heavy atom. The second-order valence-corrected chi connectivity index (χ2v) is 7.39. The molecule has 2 aromatic carbocycles. The third-order valence-electron chi connectivity index (χ3n) is 5.15. The number of carbonyl (C=O) groups is 2. The number of carbonyl (C=O) groups excluding carboxylic acids is 2. The Kier molecular flexibility index (Phi) is 6.28. The summed E-state index contributed by atoms with van der Waals surface area (Å²) in [5.41, 5.74) is 9.53. The molecule has 1 saturated carbocycles. The van der Waals surface area contributed by atoms with Crippen LogP contribution in [0.3, 0.4) is 0 Å². The largest absolute Gasteiger partial charge is 0.461 e. The van der Waals surface area contributed by atoms with Crippen LogP contribution in [0.15, 0.2) is 48.5 Å². The quantitative estimate of drug-likeness (QED) is 0.391. The topological polar surface area (TPSA) is 69.4 Å². The van der Waals surface area contributed by atoms with Crippen LogP contribution in [0, 0.1) is 5.92 Å². The second-order valence-electron chi connectivity index (χ2n) is 7.39. The monoisotopic (exact) mass is 365 g/mol. The minimum atomic E-state index is -0.184. The minimum absolute atomic E-state index is 0.164. The van der Waals surface area contributed by atoms with E-state index in [0.29, 0.717) is 24.3 Å². The zero-order valence-corrected chi connectivity index (χ0v) is 15.8. The number of hydrogen-bond donors (Lipinski definition) is 1. The van der Waals surface area contributed by atoms with Gasteiger partial charge in [-0.15, -0.1) is 0 Å². The number of anilines is 1. The lowest BCUT2D eigenvalue weighted by atomic mass is 9.90. The van der Waals surface area contributed by atoms with E-state index in [1.54, 1.807) is 0 Å². The first-order valence-electron chi connectivity index (χ1n) is 9.68. The summed E-state index contributed by atoms with van der Waals surface area (Å²) >= 11 is 0. The van der Waals surface area contributed by atoms with Crippen LogP contribution in [-0.2, 0) is 16.1 Å². The highest BCUT2D eigenvalue weighted by atomic mass is 16.5. The Morgan fingerprint density at radius 1 is 1.11 bits per heavy atom. The van der Waals surface area contributed by atoms with Gasteiger partial charge < -0.3 is 10.5 Å². The zero-order valence-electron chi connectivity index (χ0n) is 15.8. The normalized spacial score (nSPS) is 14.6. The van der Waals surface area contributed by atoms with Crippen molar-refractivity contribution in [3.63, 3.8) is 0 Å². The van der Waals surface area contributed by atoms with E-state index < -0.39 is 0 Å². The van der Waals surface area contributed by atoms with Crippen molar-refractivity contribution in [1.29, 1.82) is 0 Å². The van der Waals surface area contributed by atoms with Gasteiger partial charge in [-0.05, 0) is 48.8 Å². The Morgan fingerprint density at radius 2 is 1.85 bits per heavy atom. The van der Waals surface area contributed by atoms with Gasteiger partial charge in [0.2, 0.25) is 0 Å². The summed E-state index contributed by atoms with van der Waals surface area (Å²) in [5.74, 6) is 0.346. The highest BCUT2D eigenvalue weighted by Crippen LogP contribution is 2.36. The molecule has 27 heavy (non-hydrogen) atoms. The molecule has 1 unspecified atom stereocenters. The van der Waals surface area contributed by atoms with Crippen LogP contribution in [0.25, 0.3) is 0 Å². The lowest BCUT2D eigenvalue weighted by Gasteiger charge is -2.16. The van der Waals surface area contributed by atoms with Crippen LogP contribution in [0.2, 0.25) is 0 Å². The van der Waals surface area contributed by atoms with Crippen LogP contribution in [0.1, 0.15) is 66.4 Å². The molecule has 1 aliphatic rings. The fraction of sp³-hybridized carbons (Fsp3) is 0.391. The van der Waals surface area contributed by atoms with Gasteiger partial charge in [0.05, 0.1) is 0 Å². The first-order chi connectivity index (χ1) is 13.1. The van der Waals surface area contributed by atoms with E-state index in [4.69, 9.17) is 10.5 Å². The van der Waals surface area contributed by atoms with Crippen molar-refractivity contribution in [3.05, 3.63) is 65.2 Å². The van der Waals surface area contributed by atoms with Gasteiger partial charge in [0.15, 0.2) is 5.78 Å². The highest BCUT2D eigenvalue weighted by molar-refractivity contribution is 6.04. The summed E-state index contributed by atoms with van der Waals surface area (Å²) in [7, 11) is 0. The maximum Gasteiger partial charge on any atom is 0.306 e. The van der Waals surface area contributed by atoms with E-state index in [1.807, 2.05) is 48.5 Å². The molecular weight excluding hydrogens is 338 g/mol. The van der Waals surface area contributed by atoms with Gasteiger partial charge in [0.25, 0.3) is 0 Å². The lowest BCUT2D eigenvalue weighted by molar-refractivity contribution is -0.145. The number of Topliss-reactive ketones (excluding diaryl/α,β-unsaturated/α-hetero) is 1. The van der Waals surface area contributed by atoms with Crippen molar-refractivity contribution >= 4 is 17.4 Å². The van der Waals surface area contributed by atoms with E-state index in [-0.39, 0.29) is 23.6 Å². The standard InChI is InChI=1S/C23H27NO3/c1-16(7-5-12-21(25)27-15-17-8-3-2-4-9-17)19-10-6-11-20(22(19)24)23(26)18-13-14-18/h2-4,6,8-11,16,18H,5,7,12-15,24H2,1H3. The number of ketones is 1. The van der Waals surface area contributed by atoms with Crippen molar-refractivity contribution in [2.45, 2.75) is 51.6 Å². The molecule has 1 aliphatic carbocycles. The summed E-state index contributed by atoms with van der Waals surface area (Å²) in [5, 5.41) is 0. The zero-order chi connectivity index (χ0) is 19.2. The number of ether oxygens (including phenoxy) is 1. The van der Waals surface area contributed by atoms with Crippen molar-refractivity contribution in [2.75, 3.05) is 5.73 Å². The Balaban J connectivity index is 1.47. The molecule has 3 rings (SSSR count). The fourth-order valence-corrected chi connectivity index (χ4v) is 3.31. The Labute approximate surface area is 160 Å². The smallest absolute Gasteiger partial charge is 0.306 e. The first kappa shape index (κ1) is 19.2. The van der Waals surface area contributed by atoms with Crippen molar-refractivity contribution < 1.29 is 14.3 Å². The summed E-state index contributed by atoms with van der Waals surface area (Å²) in [4.78, 5) is 24.3. The maximum absolute atomic E-state index is 12.4. The van der Waals surface area contributed by atoms with Gasteiger partial charge in [-0.2, -0.15) is 0 Å². The molecule has 0 radical (unpaired) electrons. The molecule has 1 atom stereocenters. The SMILES string of the molecule is CC(CCCC(=O)OCc1ccccc1)c1cccc(C(=O)C2CC2)c1N. The van der Waals surface area contributed by atoms with Gasteiger partial charge in [0, 0.05) is 23.6 Å². The maximum atomic E-state index is 12.4. The summed E-state index contributed by atoms with van der Waals surface area (Å²) in [6.45, 7) is 2.40. The number of nitrogen functional groups attached to an aromatic ring is 1. The number of rotatable bonds is 9. The molecule has 0 heterocycles. The number of esters is 1. The molecule has 0 bridgehead atoms. The average Bonchev–Trinajstić information content (AvgIpc) is 3.52. The molecule has 142 valence electrons. The number of nitrogens with two attached hydrogens (primary N) is 1. The third kappa shape index (κ3) is 5.19. The number of para-hydroxylation sites is 1. The van der Waals surface area contributed by atoms with E-state index in [2.05, 4.69) is 6.92 Å². The van der Waals surface area contributed by atoms with Gasteiger partial charge in [0.1, 0.15) is 6.61 Å². The summed E-state index contributed by atoms with van der Waals surface area (Å²) in [6, 6.07) is 15.4. The third-order valence-corrected chi connectivity index (χ3v) is 5.15. The van der Waals surface area contributed by atoms with E-state index >= 15 is 0 Å². The molecule has 1 fully saturated rings. The molecule has 2 aromatic rings. The predicted molar refractivity (Wildman–Crippen MR) is 106 cm³/mol. The molecule has 0 aromatic heterocycles. The molecule has 2 N–H and O–H groups in total. The van der Waals surface area contributed by atoms with Crippen molar-refractivity contribution in [1.82, 2.24) is 0 Å². The van der Waals surface area contributed by atoms with Gasteiger partial charge in [-0.3, -0.25) is 9.59 Å². The Hall–Kier alpha value is -2.62. The fourth-order valence-electron chi connectivity index (χ4n) is 3.31. The van der Waals surface area contributed by atoms with Gasteiger partial charge >= 0.3 is 5.97 Å².